The van der Waals surface area contributed by atoms with Crippen LogP contribution < -0.4 is 4.74 Å². The molecule has 1 aromatic carbocycles. The van der Waals surface area contributed by atoms with E-state index in [0.717, 1.165) is 5.57 Å². The zero-order valence-corrected chi connectivity index (χ0v) is 19.4. The van der Waals surface area contributed by atoms with Gasteiger partial charge in [-0.2, -0.15) is 0 Å². The van der Waals surface area contributed by atoms with Crippen LogP contribution in [0.5, 0.6) is 11.5 Å². The first-order valence-electron chi connectivity index (χ1n) is 10.8. The number of allylic oxidation sites excluding steroid dienone is 2. The number of benzene rings is 1. The molecule has 192 valence electrons. The quantitative estimate of drug-likeness (QED) is 0.241. The van der Waals surface area contributed by atoms with Crippen LogP contribution in [0.4, 0.5) is 0 Å². The van der Waals surface area contributed by atoms with Crippen LogP contribution in [-0.4, -0.2) is 81.3 Å². The number of carboxylic acids is 1. The van der Waals surface area contributed by atoms with Crippen LogP contribution in [0.3, 0.4) is 0 Å². The zero-order valence-electron chi connectivity index (χ0n) is 19.4. The van der Waals surface area contributed by atoms with Gasteiger partial charge in [0.2, 0.25) is 6.29 Å². The smallest absolute Gasteiger partial charge is 0.342 e. The predicted molar refractivity (Wildman–Crippen MR) is 116 cm³/mol. The van der Waals surface area contributed by atoms with Gasteiger partial charge in [-0.15, -0.1) is 0 Å². The highest BCUT2D eigenvalue weighted by molar-refractivity contribution is 5.98. The SMILES string of the molecule is COc1c(C)c2c(c(O)c1C/C=C(\C)CCC(=O)O[C@H]1O[C@@H](C(=O)O)[C@@H](O)[C@@H](O)[C@@H]1O)C(=O)OC2. The third-order valence-corrected chi connectivity index (χ3v) is 6.09. The Labute approximate surface area is 200 Å². The Morgan fingerprint density at radius 3 is 2.46 bits per heavy atom. The minimum Gasteiger partial charge on any atom is -0.507 e. The summed E-state index contributed by atoms with van der Waals surface area (Å²) >= 11 is 0. The van der Waals surface area contributed by atoms with E-state index in [0.29, 0.717) is 22.4 Å². The van der Waals surface area contributed by atoms with Crippen molar-refractivity contribution < 1.29 is 58.9 Å². The molecule has 0 spiro atoms. The number of carboxylic acid groups (broad SMARTS) is 1. The van der Waals surface area contributed by atoms with Crippen LogP contribution in [0.1, 0.15) is 46.8 Å². The van der Waals surface area contributed by atoms with Gasteiger partial charge in [-0.3, -0.25) is 4.79 Å². The monoisotopic (exact) mass is 496 g/mol. The Hall–Kier alpha value is -3.19. The van der Waals surface area contributed by atoms with Gasteiger partial charge in [0.15, 0.2) is 6.10 Å². The molecule has 1 fully saturated rings. The molecule has 12 nitrogen and oxygen atoms in total. The van der Waals surface area contributed by atoms with Crippen LogP contribution in [0, 0.1) is 6.92 Å². The molecule has 0 aromatic heterocycles. The summed E-state index contributed by atoms with van der Waals surface area (Å²) in [6, 6.07) is 0. The largest absolute Gasteiger partial charge is 0.507 e. The summed E-state index contributed by atoms with van der Waals surface area (Å²) in [6.45, 7) is 3.56. The molecule has 0 bridgehead atoms. The van der Waals surface area contributed by atoms with Crippen LogP contribution in [0.2, 0.25) is 0 Å². The van der Waals surface area contributed by atoms with Gasteiger partial charge >= 0.3 is 17.9 Å². The maximum absolute atomic E-state index is 12.2. The minimum atomic E-state index is -1.89. The molecule has 0 saturated carbocycles. The zero-order chi connectivity index (χ0) is 26.0. The lowest BCUT2D eigenvalue weighted by molar-refractivity contribution is -0.286. The molecule has 5 N–H and O–H groups in total. The van der Waals surface area contributed by atoms with Gasteiger partial charge in [-0.25, -0.2) is 9.59 Å². The average Bonchev–Trinajstić information content (AvgIpc) is 3.21. The number of hydrogen-bond donors (Lipinski definition) is 5. The standard InChI is InChI=1S/C23H28O12/c1-9(4-6-11-15(25)14-12(8-33-22(14)31)10(2)19(11)32-3)5-7-13(24)34-23-18(28)16(26)17(27)20(35-23)21(29)30/h4,16-18,20,23,25-28H,5-8H2,1-3H3,(H,29,30)/b9-4+/t16-,17+,18+,20-,23+/m1/s1. The highest BCUT2D eigenvalue weighted by Crippen LogP contribution is 2.42. The predicted octanol–water partition coefficient (Wildman–Crippen LogP) is 0.0840. The molecule has 0 radical (unpaired) electrons. The lowest BCUT2D eigenvalue weighted by Gasteiger charge is -2.37. The number of esters is 2. The number of aliphatic hydroxyl groups is 3. The van der Waals surface area contributed by atoms with Gasteiger partial charge in [0.05, 0.1) is 7.11 Å². The number of cyclic esters (lactones) is 1. The van der Waals surface area contributed by atoms with Crippen molar-refractivity contribution in [2.45, 2.75) is 70.4 Å². The van der Waals surface area contributed by atoms with Crippen molar-refractivity contribution in [3.05, 3.63) is 33.9 Å². The molecule has 3 rings (SSSR count). The van der Waals surface area contributed by atoms with Crippen LogP contribution in [0.25, 0.3) is 0 Å². The van der Waals surface area contributed by atoms with E-state index in [2.05, 4.69) is 0 Å². The lowest BCUT2D eigenvalue weighted by atomic mass is 9.94. The van der Waals surface area contributed by atoms with Gasteiger partial charge in [0, 0.05) is 17.5 Å². The first kappa shape index (κ1) is 26.4. The number of phenols is 1. The summed E-state index contributed by atoms with van der Waals surface area (Å²) in [6.07, 6.45) is -7.23. The molecule has 1 aromatic rings. The number of phenolic OH excluding ortho intramolecular Hbond substituents is 1. The normalized spacial score (nSPS) is 26.2. The topological polar surface area (TPSA) is 189 Å². The van der Waals surface area contributed by atoms with E-state index < -0.39 is 48.6 Å². The highest BCUT2D eigenvalue weighted by atomic mass is 16.7. The second kappa shape index (κ2) is 10.6. The molecule has 1 saturated heterocycles. The number of hydrogen-bond acceptors (Lipinski definition) is 11. The Kier molecular flexibility index (Phi) is 8.00. The second-order valence-electron chi connectivity index (χ2n) is 8.39. The lowest BCUT2D eigenvalue weighted by Crippen LogP contribution is -2.60. The summed E-state index contributed by atoms with van der Waals surface area (Å²) in [5.41, 5.74) is 2.51. The van der Waals surface area contributed by atoms with E-state index in [-0.39, 0.29) is 37.2 Å². The number of carbonyl (C=O) groups is 3. The fraction of sp³-hybridized carbons (Fsp3) is 0.522. The summed E-state index contributed by atoms with van der Waals surface area (Å²) in [5.74, 6) is -2.81. The first-order chi connectivity index (χ1) is 16.5. The van der Waals surface area contributed by atoms with Crippen LogP contribution >= 0.6 is 0 Å². The molecule has 12 heteroatoms. The van der Waals surface area contributed by atoms with Crippen molar-refractivity contribution in [2.24, 2.45) is 0 Å². The summed E-state index contributed by atoms with van der Waals surface area (Å²) in [5, 5.41) is 49.1. The summed E-state index contributed by atoms with van der Waals surface area (Å²) in [4.78, 5) is 35.4. The van der Waals surface area contributed by atoms with Crippen molar-refractivity contribution in [1.82, 2.24) is 0 Å². The molecule has 5 atom stereocenters. The van der Waals surface area contributed by atoms with Gasteiger partial charge in [0.1, 0.15) is 42.0 Å². The third kappa shape index (κ3) is 5.25. The first-order valence-corrected chi connectivity index (χ1v) is 10.8. The number of aromatic hydroxyl groups is 1. The van der Waals surface area contributed by atoms with E-state index in [1.807, 2.05) is 0 Å². The Balaban J connectivity index is 1.63. The van der Waals surface area contributed by atoms with Crippen molar-refractivity contribution >= 4 is 17.9 Å². The minimum absolute atomic E-state index is 0.0593. The van der Waals surface area contributed by atoms with Gasteiger partial charge in [-0.1, -0.05) is 11.6 Å². The molecular formula is C23H28O12. The van der Waals surface area contributed by atoms with Gasteiger partial charge < -0.3 is 44.5 Å². The summed E-state index contributed by atoms with van der Waals surface area (Å²) in [7, 11) is 1.45. The molecule has 2 heterocycles. The molecule has 35 heavy (non-hydrogen) atoms. The number of carbonyl (C=O) groups excluding carboxylic acids is 2. The van der Waals surface area contributed by atoms with Gasteiger partial charge in [-0.05, 0) is 32.3 Å². The van der Waals surface area contributed by atoms with E-state index in [9.17, 15) is 34.8 Å². The van der Waals surface area contributed by atoms with Crippen molar-refractivity contribution in [3.8, 4) is 11.5 Å². The molecular weight excluding hydrogens is 468 g/mol. The number of aliphatic carboxylic acids is 1. The molecule has 0 amide bonds. The van der Waals surface area contributed by atoms with E-state index in [1.54, 1.807) is 19.9 Å². The van der Waals surface area contributed by atoms with Crippen LogP contribution in [0.15, 0.2) is 11.6 Å². The number of methoxy groups -OCH3 is 1. The third-order valence-electron chi connectivity index (χ3n) is 6.09. The van der Waals surface area contributed by atoms with E-state index in [1.165, 1.54) is 7.11 Å². The van der Waals surface area contributed by atoms with Crippen LogP contribution in [-0.2, 0) is 36.8 Å². The fourth-order valence-corrected chi connectivity index (χ4v) is 4.04. The Bertz CT molecular complexity index is 1050. The maximum atomic E-state index is 12.2. The molecule has 2 aliphatic rings. The molecule has 0 aliphatic carbocycles. The van der Waals surface area contributed by atoms with E-state index >= 15 is 0 Å². The highest BCUT2D eigenvalue weighted by Gasteiger charge is 2.48. The molecule has 0 unspecified atom stereocenters. The maximum Gasteiger partial charge on any atom is 0.342 e. The number of aliphatic hydroxyl groups excluding tert-OH is 3. The second-order valence-corrected chi connectivity index (χ2v) is 8.39. The summed E-state index contributed by atoms with van der Waals surface area (Å²) < 4.78 is 20.3. The number of rotatable bonds is 8. The fourth-order valence-electron chi connectivity index (χ4n) is 4.04. The number of fused-ring (bicyclic) bond motifs is 1. The Morgan fingerprint density at radius 2 is 1.83 bits per heavy atom. The van der Waals surface area contributed by atoms with Crippen molar-refractivity contribution in [3.63, 3.8) is 0 Å². The Morgan fingerprint density at radius 1 is 1.14 bits per heavy atom. The molecule has 2 aliphatic heterocycles. The van der Waals surface area contributed by atoms with E-state index in [4.69, 9.17) is 24.1 Å². The van der Waals surface area contributed by atoms with Crippen molar-refractivity contribution in [2.75, 3.05) is 7.11 Å². The number of ether oxygens (including phenoxy) is 4. The van der Waals surface area contributed by atoms with Gasteiger partial charge in [0.25, 0.3) is 0 Å². The van der Waals surface area contributed by atoms with Crippen molar-refractivity contribution in [1.29, 1.82) is 0 Å². The average molecular weight is 496 g/mol.